The molecule has 1 heterocycles. The van der Waals surface area contributed by atoms with Crippen molar-refractivity contribution in [2.45, 2.75) is 52.4 Å². The molecule has 148 valence electrons. The van der Waals surface area contributed by atoms with Crippen molar-refractivity contribution in [3.8, 4) is 5.75 Å². The van der Waals surface area contributed by atoms with E-state index in [1.54, 1.807) is 7.11 Å². The molecule has 0 unspecified atom stereocenters. The SMILES string of the molecule is COCCOCOc1c(C(C)(C)C)cc(C2=NC(=S)N=N2)cc1C(C)(C)C. The monoisotopic (exact) mass is 391 g/mol. The van der Waals surface area contributed by atoms with Crippen molar-refractivity contribution >= 4 is 23.2 Å². The molecule has 7 heteroatoms. The van der Waals surface area contributed by atoms with Gasteiger partial charge in [-0.3, -0.25) is 0 Å². The van der Waals surface area contributed by atoms with E-state index in [4.69, 9.17) is 26.4 Å². The Hall–Kier alpha value is -1.70. The second-order valence-electron chi connectivity index (χ2n) is 8.48. The summed E-state index contributed by atoms with van der Waals surface area (Å²) in [5.74, 6) is 1.38. The number of amidine groups is 1. The van der Waals surface area contributed by atoms with Crippen LogP contribution in [-0.2, 0) is 20.3 Å². The Bertz CT molecular complexity index is 724. The summed E-state index contributed by atoms with van der Waals surface area (Å²) in [6.45, 7) is 14.1. The summed E-state index contributed by atoms with van der Waals surface area (Å²) < 4.78 is 16.7. The molecule has 0 aromatic heterocycles. The lowest BCUT2D eigenvalue weighted by Gasteiger charge is -2.30. The molecule has 2 rings (SSSR count). The highest BCUT2D eigenvalue weighted by Gasteiger charge is 2.29. The first-order valence-electron chi connectivity index (χ1n) is 8.97. The van der Waals surface area contributed by atoms with Gasteiger partial charge in [-0.25, -0.2) is 0 Å². The van der Waals surface area contributed by atoms with Crippen LogP contribution in [-0.4, -0.2) is 38.1 Å². The average Bonchev–Trinajstić information content (AvgIpc) is 2.99. The van der Waals surface area contributed by atoms with E-state index in [0.717, 1.165) is 22.4 Å². The number of thiocarbonyl (C=S) groups is 1. The quantitative estimate of drug-likeness (QED) is 0.381. The summed E-state index contributed by atoms with van der Waals surface area (Å²) in [5, 5.41) is 8.24. The molecule has 0 saturated heterocycles. The number of methoxy groups -OCH3 is 1. The molecular formula is C20H29N3O3S. The van der Waals surface area contributed by atoms with Crippen LogP contribution >= 0.6 is 12.2 Å². The molecule has 0 atom stereocenters. The van der Waals surface area contributed by atoms with Gasteiger partial charge in [0.25, 0.3) is 0 Å². The molecule has 0 radical (unpaired) electrons. The van der Waals surface area contributed by atoms with E-state index in [1.165, 1.54) is 0 Å². The van der Waals surface area contributed by atoms with Crippen LogP contribution in [0, 0.1) is 0 Å². The van der Waals surface area contributed by atoms with E-state index < -0.39 is 0 Å². The summed E-state index contributed by atoms with van der Waals surface area (Å²) in [4.78, 5) is 4.27. The molecular weight excluding hydrogens is 362 g/mol. The highest BCUT2D eigenvalue weighted by molar-refractivity contribution is 7.80. The smallest absolute Gasteiger partial charge is 0.242 e. The van der Waals surface area contributed by atoms with Gasteiger partial charge in [0.05, 0.1) is 13.2 Å². The summed E-state index contributed by atoms with van der Waals surface area (Å²) in [5.41, 5.74) is 2.73. The summed E-state index contributed by atoms with van der Waals surface area (Å²) in [7, 11) is 1.65. The number of nitrogens with zero attached hydrogens (tertiary/aromatic N) is 3. The molecule has 0 N–H and O–H groups in total. The fraction of sp³-hybridized carbons (Fsp3) is 0.600. The zero-order valence-corrected chi connectivity index (χ0v) is 18.1. The third-order valence-electron chi connectivity index (χ3n) is 4.11. The number of azo groups is 1. The van der Waals surface area contributed by atoms with Gasteiger partial charge in [-0.1, -0.05) is 41.5 Å². The zero-order chi connectivity index (χ0) is 20.2. The minimum Gasteiger partial charge on any atom is -0.467 e. The number of aliphatic imine (C=N–C) groups is 1. The number of rotatable bonds is 7. The van der Waals surface area contributed by atoms with Gasteiger partial charge in [-0.05, 0) is 35.2 Å². The standard InChI is InChI=1S/C20H29N3O3S/c1-19(2,3)14-10-13(17-21-18(27)23-22-17)11-15(20(4,5)6)16(14)26-12-25-9-8-24-7/h10-11H,8-9,12H2,1-7H3. The maximum absolute atomic E-state index is 6.11. The summed E-state index contributed by atoms with van der Waals surface area (Å²) in [6.07, 6.45) is 0. The lowest BCUT2D eigenvalue weighted by molar-refractivity contribution is -0.00992. The van der Waals surface area contributed by atoms with E-state index >= 15 is 0 Å². The Morgan fingerprint density at radius 2 is 1.52 bits per heavy atom. The predicted octanol–water partition coefficient (Wildman–Crippen LogP) is 4.78. The minimum absolute atomic E-state index is 0.144. The molecule has 0 bridgehead atoms. The van der Waals surface area contributed by atoms with Crippen molar-refractivity contribution in [1.29, 1.82) is 0 Å². The fourth-order valence-corrected chi connectivity index (χ4v) is 2.80. The van der Waals surface area contributed by atoms with Gasteiger partial charge in [-0.2, -0.15) is 4.99 Å². The largest absolute Gasteiger partial charge is 0.467 e. The first-order valence-corrected chi connectivity index (χ1v) is 9.38. The fourth-order valence-electron chi connectivity index (χ4n) is 2.68. The van der Waals surface area contributed by atoms with Gasteiger partial charge in [0, 0.05) is 23.8 Å². The lowest BCUT2D eigenvalue weighted by Crippen LogP contribution is -2.22. The lowest BCUT2D eigenvalue weighted by atomic mass is 9.78. The van der Waals surface area contributed by atoms with Crippen LogP contribution < -0.4 is 4.74 Å². The maximum atomic E-state index is 6.11. The molecule has 0 fully saturated rings. The van der Waals surface area contributed by atoms with Crippen LogP contribution in [0.2, 0.25) is 0 Å². The van der Waals surface area contributed by atoms with Crippen LogP contribution in [0.25, 0.3) is 0 Å². The minimum atomic E-state index is -0.144. The molecule has 0 spiro atoms. The predicted molar refractivity (Wildman–Crippen MR) is 111 cm³/mol. The van der Waals surface area contributed by atoms with E-state index in [1.807, 2.05) is 0 Å². The van der Waals surface area contributed by atoms with Crippen molar-refractivity contribution in [2.24, 2.45) is 15.2 Å². The Kier molecular flexibility index (Phi) is 6.83. The van der Waals surface area contributed by atoms with Gasteiger partial charge >= 0.3 is 0 Å². The Balaban J connectivity index is 2.50. The molecule has 6 nitrogen and oxygen atoms in total. The molecule has 1 aromatic carbocycles. The molecule has 1 aromatic rings. The second kappa shape index (κ2) is 8.54. The van der Waals surface area contributed by atoms with E-state index in [9.17, 15) is 0 Å². The van der Waals surface area contributed by atoms with Gasteiger partial charge in [-0.15, -0.1) is 10.2 Å². The topological polar surface area (TPSA) is 64.8 Å². The van der Waals surface area contributed by atoms with Crippen LogP contribution in [0.5, 0.6) is 5.75 Å². The van der Waals surface area contributed by atoms with Crippen LogP contribution in [0.1, 0.15) is 58.2 Å². The van der Waals surface area contributed by atoms with Crippen molar-refractivity contribution < 1.29 is 14.2 Å². The third kappa shape index (κ3) is 5.64. The Morgan fingerprint density at radius 3 is 1.96 bits per heavy atom. The zero-order valence-electron chi connectivity index (χ0n) is 17.3. The number of hydrogen-bond acceptors (Lipinski definition) is 5. The van der Waals surface area contributed by atoms with Crippen LogP contribution in [0.15, 0.2) is 27.4 Å². The van der Waals surface area contributed by atoms with Gasteiger partial charge in [0.2, 0.25) is 5.11 Å². The highest BCUT2D eigenvalue weighted by Crippen LogP contribution is 2.41. The summed E-state index contributed by atoms with van der Waals surface area (Å²) in [6, 6.07) is 4.12. The van der Waals surface area contributed by atoms with Crippen LogP contribution in [0.3, 0.4) is 0 Å². The van der Waals surface area contributed by atoms with Crippen molar-refractivity contribution in [1.82, 2.24) is 0 Å². The molecule has 0 amide bonds. The molecule has 0 saturated carbocycles. The molecule has 1 aliphatic rings. The Morgan fingerprint density at radius 1 is 0.926 bits per heavy atom. The van der Waals surface area contributed by atoms with E-state index in [0.29, 0.717) is 19.0 Å². The normalized spacial score (nSPS) is 14.6. The van der Waals surface area contributed by atoms with E-state index in [-0.39, 0.29) is 22.7 Å². The maximum Gasteiger partial charge on any atom is 0.242 e. The molecule has 0 aliphatic carbocycles. The summed E-state index contributed by atoms with van der Waals surface area (Å²) >= 11 is 5.03. The average molecular weight is 392 g/mol. The highest BCUT2D eigenvalue weighted by atomic mass is 32.1. The van der Waals surface area contributed by atoms with E-state index in [2.05, 4.69) is 68.9 Å². The van der Waals surface area contributed by atoms with Crippen molar-refractivity contribution in [3.05, 3.63) is 28.8 Å². The third-order valence-corrected chi connectivity index (χ3v) is 4.29. The first kappa shape index (κ1) is 21.6. The number of hydrogen-bond donors (Lipinski definition) is 0. The van der Waals surface area contributed by atoms with Crippen LogP contribution in [0.4, 0.5) is 0 Å². The van der Waals surface area contributed by atoms with Gasteiger partial charge in [0.15, 0.2) is 12.6 Å². The Labute approximate surface area is 167 Å². The van der Waals surface area contributed by atoms with Gasteiger partial charge in [0.1, 0.15) is 5.75 Å². The second-order valence-corrected chi connectivity index (χ2v) is 8.85. The molecule has 27 heavy (non-hydrogen) atoms. The number of ether oxygens (including phenoxy) is 3. The molecule has 1 aliphatic heterocycles. The van der Waals surface area contributed by atoms with Crippen molar-refractivity contribution in [2.75, 3.05) is 27.1 Å². The first-order chi connectivity index (χ1) is 12.5. The van der Waals surface area contributed by atoms with Crippen molar-refractivity contribution in [3.63, 3.8) is 0 Å². The number of benzene rings is 1. The van der Waals surface area contributed by atoms with Gasteiger partial charge < -0.3 is 14.2 Å².